The molecule has 0 spiro atoms. The zero-order chi connectivity index (χ0) is 16.5. The maximum atomic E-state index is 12.0. The van der Waals surface area contributed by atoms with E-state index in [9.17, 15) is 4.79 Å². The molecule has 126 valence electrons. The predicted molar refractivity (Wildman–Crippen MR) is 92.9 cm³/mol. The van der Waals surface area contributed by atoms with Gasteiger partial charge in [-0.3, -0.25) is 9.89 Å². The largest absolute Gasteiger partial charge is 0.382 e. The Morgan fingerprint density at radius 2 is 2.43 bits per heavy atom. The van der Waals surface area contributed by atoms with E-state index in [0.29, 0.717) is 24.9 Å². The summed E-state index contributed by atoms with van der Waals surface area (Å²) in [5, 5.41) is 12.4. The molecule has 2 aromatic rings. The number of rotatable bonds is 10. The molecule has 2 heterocycles. The third-order valence-electron chi connectivity index (χ3n) is 3.05. The molecule has 0 saturated carbocycles. The lowest BCUT2D eigenvalue weighted by Gasteiger charge is -2.09. The second-order valence-corrected chi connectivity index (χ2v) is 7.26. The molecule has 0 aliphatic rings. The van der Waals surface area contributed by atoms with Crippen molar-refractivity contribution in [2.24, 2.45) is 0 Å². The molecule has 1 atom stereocenters. The number of amides is 1. The highest BCUT2D eigenvalue weighted by Crippen LogP contribution is 2.20. The molecular formula is C15H22N4O2S2. The van der Waals surface area contributed by atoms with Crippen molar-refractivity contribution in [3.8, 4) is 0 Å². The number of nitrogens with one attached hydrogen (secondary N) is 2. The molecule has 0 aromatic carbocycles. The lowest BCUT2D eigenvalue weighted by molar-refractivity contribution is -0.120. The summed E-state index contributed by atoms with van der Waals surface area (Å²) in [4.78, 5) is 17.7. The molecule has 2 rings (SSSR count). The van der Waals surface area contributed by atoms with Gasteiger partial charge in [-0.15, -0.1) is 16.4 Å². The van der Waals surface area contributed by atoms with E-state index < -0.39 is 0 Å². The van der Waals surface area contributed by atoms with Crippen LogP contribution in [0.5, 0.6) is 0 Å². The molecule has 0 saturated heterocycles. The van der Waals surface area contributed by atoms with Crippen molar-refractivity contribution >= 4 is 29.0 Å². The van der Waals surface area contributed by atoms with Gasteiger partial charge in [0.15, 0.2) is 0 Å². The first-order valence-electron chi connectivity index (χ1n) is 7.64. The Labute approximate surface area is 144 Å². The normalized spacial score (nSPS) is 12.3. The van der Waals surface area contributed by atoms with Gasteiger partial charge in [0.1, 0.15) is 5.82 Å². The third-order valence-corrected chi connectivity index (χ3v) is 4.89. The summed E-state index contributed by atoms with van der Waals surface area (Å²) in [6.07, 6.45) is 1.56. The standard InChI is InChI=1S/C15H22N4O2S2/c1-3-21-8-5-7-16-14(20)11(2)23-15-17-13(18-19-15)10-12-6-4-9-22-12/h4,6,9,11H,3,5,7-8,10H2,1-2H3,(H,16,20)(H,17,18,19). The SMILES string of the molecule is CCOCCCNC(=O)C(C)Sc1n[nH]c(Cc2cccs2)n1. The molecule has 1 amide bonds. The molecule has 23 heavy (non-hydrogen) atoms. The summed E-state index contributed by atoms with van der Waals surface area (Å²) in [6, 6.07) is 4.09. The summed E-state index contributed by atoms with van der Waals surface area (Å²) in [5.74, 6) is 0.815. The molecule has 6 nitrogen and oxygen atoms in total. The van der Waals surface area contributed by atoms with E-state index in [4.69, 9.17) is 4.74 Å². The van der Waals surface area contributed by atoms with Crippen LogP contribution < -0.4 is 5.32 Å². The van der Waals surface area contributed by atoms with Crippen molar-refractivity contribution in [2.45, 2.75) is 37.1 Å². The van der Waals surface area contributed by atoms with Gasteiger partial charge in [-0.25, -0.2) is 4.98 Å². The van der Waals surface area contributed by atoms with Crippen LogP contribution in [0, 0.1) is 0 Å². The molecule has 2 N–H and O–H groups in total. The second-order valence-electron chi connectivity index (χ2n) is 4.92. The smallest absolute Gasteiger partial charge is 0.233 e. The van der Waals surface area contributed by atoms with Crippen LogP contribution in [0.4, 0.5) is 0 Å². The van der Waals surface area contributed by atoms with E-state index in [-0.39, 0.29) is 11.2 Å². The highest BCUT2D eigenvalue weighted by atomic mass is 32.2. The first-order valence-corrected chi connectivity index (χ1v) is 9.40. The second kappa shape index (κ2) is 9.69. The maximum Gasteiger partial charge on any atom is 0.233 e. The summed E-state index contributed by atoms with van der Waals surface area (Å²) >= 11 is 3.05. The lowest BCUT2D eigenvalue weighted by Crippen LogP contribution is -2.32. The van der Waals surface area contributed by atoms with E-state index in [1.54, 1.807) is 11.3 Å². The Morgan fingerprint density at radius 1 is 1.57 bits per heavy atom. The summed E-state index contributed by atoms with van der Waals surface area (Å²) in [6.45, 7) is 5.82. The van der Waals surface area contributed by atoms with Gasteiger partial charge in [-0.1, -0.05) is 17.8 Å². The first kappa shape index (κ1) is 18.0. The highest BCUT2D eigenvalue weighted by molar-refractivity contribution is 8.00. The topological polar surface area (TPSA) is 79.9 Å². The predicted octanol–water partition coefficient (Wildman–Crippen LogP) is 2.48. The number of hydrogen-bond donors (Lipinski definition) is 2. The third kappa shape index (κ3) is 6.32. The van der Waals surface area contributed by atoms with Crippen molar-refractivity contribution in [2.75, 3.05) is 19.8 Å². The van der Waals surface area contributed by atoms with Crippen molar-refractivity contribution in [1.29, 1.82) is 0 Å². The molecule has 8 heteroatoms. The minimum atomic E-state index is -0.229. The van der Waals surface area contributed by atoms with Crippen LogP contribution in [0.25, 0.3) is 0 Å². The summed E-state index contributed by atoms with van der Waals surface area (Å²) in [7, 11) is 0. The van der Waals surface area contributed by atoms with Gasteiger partial charge in [-0.2, -0.15) is 0 Å². The fourth-order valence-corrected chi connectivity index (χ4v) is 3.35. The van der Waals surface area contributed by atoms with Crippen LogP contribution >= 0.6 is 23.1 Å². The quantitative estimate of drug-likeness (QED) is 0.506. The molecule has 0 bridgehead atoms. The number of nitrogens with zero attached hydrogens (tertiary/aromatic N) is 2. The highest BCUT2D eigenvalue weighted by Gasteiger charge is 2.16. The average Bonchev–Trinajstić information content (AvgIpc) is 3.19. The Hall–Kier alpha value is -1.38. The molecule has 1 unspecified atom stereocenters. The Balaban J connectivity index is 1.73. The van der Waals surface area contributed by atoms with E-state index in [2.05, 4.69) is 26.6 Å². The Bertz CT molecular complexity index is 586. The van der Waals surface area contributed by atoms with Crippen LogP contribution in [-0.4, -0.2) is 46.1 Å². The summed E-state index contributed by atoms with van der Waals surface area (Å²) in [5.41, 5.74) is 0. The van der Waals surface area contributed by atoms with Crippen LogP contribution in [0.3, 0.4) is 0 Å². The van der Waals surface area contributed by atoms with Gasteiger partial charge in [0.05, 0.1) is 5.25 Å². The monoisotopic (exact) mass is 354 g/mol. The molecule has 0 radical (unpaired) electrons. The number of aromatic amines is 1. The zero-order valence-electron chi connectivity index (χ0n) is 13.4. The Kier molecular flexibility index (Phi) is 7.57. The number of aromatic nitrogens is 3. The van der Waals surface area contributed by atoms with Crippen molar-refractivity contribution in [1.82, 2.24) is 20.5 Å². The van der Waals surface area contributed by atoms with E-state index in [0.717, 1.165) is 18.7 Å². The van der Waals surface area contributed by atoms with Crippen LogP contribution in [0.2, 0.25) is 0 Å². The van der Waals surface area contributed by atoms with Gasteiger partial charge in [0.2, 0.25) is 11.1 Å². The minimum absolute atomic E-state index is 0.00361. The number of hydrogen-bond acceptors (Lipinski definition) is 6. The van der Waals surface area contributed by atoms with Gasteiger partial charge in [0, 0.05) is 31.1 Å². The van der Waals surface area contributed by atoms with E-state index >= 15 is 0 Å². The first-order chi connectivity index (χ1) is 11.2. The number of carbonyl (C=O) groups is 1. The van der Waals surface area contributed by atoms with Crippen molar-refractivity contribution in [3.63, 3.8) is 0 Å². The summed E-state index contributed by atoms with van der Waals surface area (Å²) < 4.78 is 5.24. The minimum Gasteiger partial charge on any atom is -0.382 e. The van der Waals surface area contributed by atoms with Crippen molar-refractivity contribution in [3.05, 3.63) is 28.2 Å². The van der Waals surface area contributed by atoms with Crippen LogP contribution in [-0.2, 0) is 16.0 Å². The maximum absolute atomic E-state index is 12.0. The van der Waals surface area contributed by atoms with Gasteiger partial charge in [0.25, 0.3) is 0 Å². The Morgan fingerprint density at radius 3 is 3.17 bits per heavy atom. The lowest BCUT2D eigenvalue weighted by atomic mass is 10.3. The van der Waals surface area contributed by atoms with Crippen LogP contribution in [0.15, 0.2) is 22.7 Å². The number of thiophene rings is 1. The van der Waals surface area contributed by atoms with Gasteiger partial charge >= 0.3 is 0 Å². The fraction of sp³-hybridized carbons (Fsp3) is 0.533. The zero-order valence-corrected chi connectivity index (χ0v) is 15.0. The number of thioether (sulfide) groups is 1. The molecule has 0 aliphatic heterocycles. The molecular weight excluding hydrogens is 332 g/mol. The fourth-order valence-electron chi connectivity index (χ4n) is 1.87. The van der Waals surface area contributed by atoms with E-state index in [1.165, 1.54) is 16.6 Å². The average molecular weight is 355 g/mol. The molecule has 0 fully saturated rings. The molecule has 0 aliphatic carbocycles. The van der Waals surface area contributed by atoms with Crippen molar-refractivity contribution < 1.29 is 9.53 Å². The molecule has 2 aromatic heterocycles. The van der Waals surface area contributed by atoms with Crippen LogP contribution in [0.1, 0.15) is 31.0 Å². The number of ether oxygens (including phenoxy) is 1. The van der Waals surface area contributed by atoms with Gasteiger partial charge in [-0.05, 0) is 31.7 Å². The van der Waals surface area contributed by atoms with E-state index in [1.807, 2.05) is 25.3 Å². The number of H-pyrrole nitrogens is 1. The number of carbonyl (C=O) groups excluding carboxylic acids is 1. The van der Waals surface area contributed by atoms with Gasteiger partial charge < -0.3 is 10.1 Å².